The lowest BCUT2D eigenvalue weighted by molar-refractivity contribution is 0.335. The third-order valence-corrected chi connectivity index (χ3v) is 12.2. The van der Waals surface area contributed by atoms with Gasteiger partial charge in [-0.2, -0.15) is 0 Å². The van der Waals surface area contributed by atoms with Crippen LogP contribution in [0.15, 0.2) is 54.6 Å². The maximum Gasteiger partial charge on any atom is 0.126 e. The molecule has 146 valence electrons. The fourth-order valence-corrected chi connectivity index (χ4v) is 11.0. The molecule has 27 heavy (non-hydrogen) atoms. The largest absolute Gasteiger partial charge is 0.321 e. The Morgan fingerprint density at radius 3 is 2.44 bits per heavy atom. The SMILES string of the molecule is CCC1CC2C(C=CC=C[C@H]2c2ccccc2)C1[Si](C)(C)N1CCNCC1. The van der Waals surface area contributed by atoms with Crippen LogP contribution in [0.4, 0.5) is 0 Å². The zero-order valence-electron chi connectivity index (χ0n) is 17.3. The highest BCUT2D eigenvalue weighted by Gasteiger charge is 2.53. The molecule has 4 rings (SSSR count). The molecule has 1 saturated carbocycles. The van der Waals surface area contributed by atoms with Crippen molar-refractivity contribution in [3.63, 3.8) is 0 Å². The van der Waals surface area contributed by atoms with Crippen LogP contribution < -0.4 is 5.32 Å². The van der Waals surface area contributed by atoms with Gasteiger partial charge in [-0.3, -0.25) is 0 Å². The average molecular weight is 381 g/mol. The number of rotatable bonds is 4. The Balaban J connectivity index is 1.67. The number of fused-ring (bicyclic) bond motifs is 1. The summed E-state index contributed by atoms with van der Waals surface area (Å²) in [7, 11) is -1.50. The molecule has 5 atom stereocenters. The number of hydrogen-bond acceptors (Lipinski definition) is 2. The van der Waals surface area contributed by atoms with Crippen LogP contribution in [-0.4, -0.2) is 39.0 Å². The highest BCUT2D eigenvalue weighted by molar-refractivity contribution is 6.76. The van der Waals surface area contributed by atoms with Crippen LogP contribution >= 0.6 is 0 Å². The smallest absolute Gasteiger partial charge is 0.126 e. The van der Waals surface area contributed by atoms with Gasteiger partial charge in [-0.25, -0.2) is 0 Å². The fourth-order valence-electron chi connectivity index (χ4n) is 6.36. The van der Waals surface area contributed by atoms with Gasteiger partial charge in [-0.15, -0.1) is 0 Å². The number of piperazine rings is 1. The molecule has 0 amide bonds. The molecule has 3 aliphatic rings. The second-order valence-electron chi connectivity index (χ2n) is 9.27. The topological polar surface area (TPSA) is 15.3 Å². The molecule has 1 saturated heterocycles. The van der Waals surface area contributed by atoms with Gasteiger partial charge < -0.3 is 9.88 Å². The summed E-state index contributed by atoms with van der Waals surface area (Å²) in [6.07, 6.45) is 12.5. The van der Waals surface area contributed by atoms with Crippen molar-refractivity contribution in [2.75, 3.05) is 26.2 Å². The summed E-state index contributed by atoms with van der Waals surface area (Å²) in [6.45, 7) is 12.6. The molecule has 2 aliphatic carbocycles. The Bertz CT molecular complexity index is 675. The van der Waals surface area contributed by atoms with E-state index >= 15 is 0 Å². The average Bonchev–Trinajstić information content (AvgIpc) is 2.96. The van der Waals surface area contributed by atoms with Crippen LogP contribution in [0.5, 0.6) is 0 Å². The lowest BCUT2D eigenvalue weighted by Gasteiger charge is -2.47. The first kappa shape index (κ1) is 19.2. The van der Waals surface area contributed by atoms with Gasteiger partial charge in [0.25, 0.3) is 0 Å². The first-order valence-electron chi connectivity index (χ1n) is 11.0. The lowest BCUT2D eigenvalue weighted by Crippen LogP contribution is -2.60. The molecule has 0 bridgehead atoms. The van der Waals surface area contributed by atoms with E-state index in [1.807, 2.05) is 0 Å². The maximum absolute atomic E-state index is 3.55. The van der Waals surface area contributed by atoms with Crippen molar-refractivity contribution in [1.82, 2.24) is 9.88 Å². The normalized spacial score (nSPS) is 34.4. The summed E-state index contributed by atoms with van der Waals surface area (Å²) in [5.41, 5.74) is 2.37. The molecule has 1 N–H and O–H groups in total. The van der Waals surface area contributed by atoms with Gasteiger partial charge in [0, 0.05) is 32.1 Å². The van der Waals surface area contributed by atoms with Crippen LogP contribution in [0, 0.1) is 17.8 Å². The Kier molecular flexibility index (Phi) is 5.72. The number of allylic oxidation sites excluding steroid dienone is 4. The summed E-state index contributed by atoms with van der Waals surface area (Å²) < 4.78 is 2.91. The van der Waals surface area contributed by atoms with Crippen LogP contribution in [0.1, 0.15) is 31.2 Å². The van der Waals surface area contributed by atoms with E-state index in [4.69, 9.17) is 0 Å². The van der Waals surface area contributed by atoms with E-state index < -0.39 is 8.24 Å². The highest BCUT2D eigenvalue weighted by atomic mass is 28.3. The van der Waals surface area contributed by atoms with Crippen molar-refractivity contribution in [2.45, 2.75) is 44.3 Å². The molecule has 1 aromatic carbocycles. The summed E-state index contributed by atoms with van der Waals surface area (Å²) in [5.74, 6) is 2.93. The Morgan fingerprint density at radius 1 is 1.04 bits per heavy atom. The van der Waals surface area contributed by atoms with Crippen LogP contribution in [0.2, 0.25) is 18.6 Å². The molecule has 0 aromatic heterocycles. The van der Waals surface area contributed by atoms with Crippen molar-refractivity contribution >= 4 is 8.24 Å². The molecular formula is C24H36N2Si. The molecule has 0 radical (unpaired) electrons. The predicted octanol–water partition coefficient (Wildman–Crippen LogP) is 5.04. The van der Waals surface area contributed by atoms with E-state index in [0.717, 1.165) is 36.4 Å². The van der Waals surface area contributed by atoms with Gasteiger partial charge in [0.2, 0.25) is 0 Å². The van der Waals surface area contributed by atoms with Gasteiger partial charge >= 0.3 is 0 Å². The van der Waals surface area contributed by atoms with Crippen molar-refractivity contribution in [1.29, 1.82) is 0 Å². The van der Waals surface area contributed by atoms with E-state index in [9.17, 15) is 0 Å². The number of nitrogens with zero attached hydrogens (tertiary/aromatic N) is 1. The standard InChI is InChI=1S/C24H36N2Si/c1-4-19-18-23-21(20-10-6-5-7-11-20)12-8-9-13-22(23)24(19)27(2,3)26-16-14-25-15-17-26/h5-13,19,21-25H,4,14-18H2,1-3H3/t19?,21-,22?,23?,24?/m0/s1. The van der Waals surface area contributed by atoms with E-state index in [0.29, 0.717) is 5.92 Å². The number of hydrogen-bond donors (Lipinski definition) is 1. The van der Waals surface area contributed by atoms with Crippen molar-refractivity contribution in [2.24, 2.45) is 17.8 Å². The van der Waals surface area contributed by atoms with Crippen LogP contribution in [-0.2, 0) is 0 Å². The first-order valence-corrected chi connectivity index (χ1v) is 14.0. The summed E-state index contributed by atoms with van der Waals surface area (Å²) in [5, 5.41) is 3.55. The Labute approximate surface area is 166 Å². The highest BCUT2D eigenvalue weighted by Crippen LogP contribution is 2.57. The van der Waals surface area contributed by atoms with E-state index in [-0.39, 0.29) is 0 Å². The number of benzene rings is 1. The Hall–Kier alpha value is -1.16. The zero-order valence-corrected chi connectivity index (χ0v) is 18.3. The van der Waals surface area contributed by atoms with E-state index in [1.54, 1.807) is 0 Å². The Morgan fingerprint density at radius 2 is 1.74 bits per heavy atom. The second kappa shape index (κ2) is 8.06. The minimum absolute atomic E-state index is 0.568. The summed E-state index contributed by atoms with van der Waals surface area (Å²) in [6, 6.07) is 11.2. The fraction of sp³-hybridized carbons (Fsp3) is 0.583. The van der Waals surface area contributed by atoms with Crippen molar-refractivity contribution in [3.05, 3.63) is 60.2 Å². The third kappa shape index (κ3) is 3.62. The third-order valence-electron chi connectivity index (χ3n) is 7.67. The predicted molar refractivity (Wildman–Crippen MR) is 119 cm³/mol. The molecule has 2 fully saturated rings. The molecule has 1 aromatic rings. The molecular weight excluding hydrogens is 344 g/mol. The minimum Gasteiger partial charge on any atom is -0.321 e. The monoisotopic (exact) mass is 380 g/mol. The molecule has 2 nitrogen and oxygen atoms in total. The van der Waals surface area contributed by atoms with E-state index in [2.05, 4.69) is 84.5 Å². The summed E-state index contributed by atoms with van der Waals surface area (Å²) >= 11 is 0. The molecule has 1 aliphatic heterocycles. The second-order valence-corrected chi connectivity index (χ2v) is 13.9. The molecule has 1 heterocycles. The van der Waals surface area contributed by atoms with E-state index in [1.165, 1.54) is 31.5 Å². The van der Waals surface area contributed by atoms with Crippen molar-refractivity contribution < 1.29 is 0 Å². The number of nitrogens with one attached hydrogen (secondary N) is 1. The zero-order chi connectivity index (χ0) is 18.9. The summed E-state index contributed by atoms with van der Waals surface area (Å²) in [4.78, 5) is 0. The molecule has 0 spiro atoms. The van der Waals surface area contributed by atoms with Gasteiger partial charge in [0.15, 0.2) is 0 Å². The molecule has 4 unspecified atom stereocenters. The minimum atomic E-state index is -1.50. The van der Waals surface area contributed by atoms with Crippen LogP contribution in [0.3, 0.4) is 0 Å². The first-order chi connectivity index (χ1) is 13.1. The van der Waals surface area contributed by atoms with Crippen molar-refractivity contribution in [3.8, 4) is 0 Å². The van der Waals surface area contributed by atoms with Crippen LogP contribution in [0.25, 0.3) is 0 Å². The molecule has 3 heteroatoms. The quantitative estimate of drug-likeness (QED) is 0.736. The van der Waals surface area contributed by atoms with Gasteiger partial charge in [0.1, 0.15) is 8.24 Å². The van der Waals surface area contributed by atoms with Gasteiger partial charge in [0.05, 0.1) is 0 Å². The van der Waals surface area contributed by atoms with Gasteiger partial charge in [-0.1, -0.05) is 81.1 Å². The maximum atomic E-state index is 3.55. The van der Waals surface area contributed by atoms with Gasteiger partial charge in [-0.05, 0) is 35.3 Å². The lowest BCUT2D eigenvalue weighted by atomic mass is 9.80.